The zero-order chi connectivity index (χ0) is 17.8. The van der Waals surface area contributed by atoms with Gasteiger partial charge in [-0.25, -0.2) is 0 Å². The molecule has 0 fully saturated rings. The minimum Gasteiger partial charge on any atom is -0.320 e. The first kappa shape index (κ1) is 16.4. The van der Waals surface area contributed by atoms with Crippen LogP contribution >= 0.6 is 0 Å². The number of benzene rings is 1. The highest BCUT2D eigenvalue weighted by atomic mass is 16.1. The standard InChI is InChI=1S/C21H20N4O/c26-21(17-6-9-22-10-7-17)24-20-13-23-12-18-15-25(11-8-19(18)20)14-16-4-2-1-3-5-16/h1-7,9-10,12-13H,8,11,14-15H2,(H,24,26). The molecule has 1 aliphatic rings. The van der Waals surface area contributed by atoms with Crippen molar-refractivity contribution in [1.82, 2.24) is 14.9 Å². The predicted molar refractivity (Wildman–Crippen MR) is 101 cm³/mol. The molecule has 0 bridgehead atoms. The van der Waals surface area contributed by atoms with Crippen LogP contribution < -0.4 is 5.32 Å². The van der Waals surface area contributed by atoms with E-state index in [0.29, 0.717) is 5.56 Å². The Morgan fingerprint density at radius 2 is 1.85 bits per heavy atom. The molecule has 1 aliphatic heterocycles. The maximum atomic E-state index is 12.4. The van der Waals surface area contributed by atoms with Crippen LogP contribution in [0, 0.1) is 0 Å². The van der Waals surface area contributed by atoms with Gasteiger partial charge >= 0.3 is 0 Å². The minimum atomic E-state index is -0.130. The summed E-state index contributed by atoms with van der Waals surface area (Å²) < 4.78 is 0. The highest BCUT2D eigenvalue weighted by Crippen LogP contribution is 2.26. The first-order valence-corrected chi connectivity index (χ1v) is 8.73. The summed E-state index contributed by atoms with van der Waals surface area (Å²) in [5, 5.41) is 3.00. The Balaban J connectivity index is 1.49. The lowest BCUT2D eigenvalue weighted by Crippen LogP contribution is -2.31. The van der Waals surface area contributed by atoms with Gasteiger partial charge < -0.3 is 5.32 Å². The second-order valence-electron chi connectivity index (χ2n) is 6.46. The Kier molecular flexibility index (Phi) is 4.71. The molecule has 3 aromatic rings. The van der Waals surface area contributed by atoms with Gasteiger partial charge in [0.05, 0.1) is 11.9 Å². The zero-order valence-corrected chi connectivity index (χ0v) is 14.4. The second-order valence-corrected chi connectivity index (χ2v) is 6.46. The van der Waals surface area contributed by atoms with E-state index in [1.54, 1.807) is 30.7 Å². The van der Waals surface area contributed by atoms with Crippen LogP contribution in [0.3, 0.4) is 0 Å². The van der Waals surface area contributed by atoms with E-state index in [9.17, 15) is 4.79 Å². The molecular formula is C21H20N4O. The van der Waals surface area contributed by atoms with Gasteiger partial charge in [0, 0.05) is 43.8 Å². The molecule has 0 saturated carbocycles. The van der Waals surface area contributed by atoms with E-state index in [0.717, 1.165) is 31.7 Å². The SMILES string of the molecule is O=C(Nc1cncc2c1CCN(Cc1ccccc1)C2)c1ccncc1. The molecule has 1 amide bonds. The first-order chi connectivity index (χ1) is 12.8. The molecule has 0 unspecified atom stereocenters. The number of rotatable bonds is 4. The first-order valence-electron chi connectivity index (χ1n) is 8.73. The van der Waals surface area contributed by atoms with E-state index in [2.05, 4.69) is 44.5 Å². The summed E-state index contributed by atoms with van der Waals surface area (Å²) in [7, 11) is 0. The van der Waals surface area contributed by atoms with Crippen molar-refractivity contribution in [2.45, 2.75) is 19.5 Å². The summed E-state index contributed by atoms with van der Waals surface area (Å²) in [6, 6.07) is 13.9. The van der Waals surface area contributed by atoms with Crippen LogP contribution in [-0.2, 0) is 19.5 Å². The molecule has 1 N–H and O–H groups in total. The molecule has 130 valence electrons. The van der Waals surface area contributed by atoms with Gasteiger partial charge in [-0.3, -0.25) is 19.7 Å². The number of nitrogens with zero attached hydrogens (tertiary/aromatic N) is 3. The number of carbonyl (C=O) groups excluding carboxylic acids is 1. The van der Waals surface area contributed by atoms with E-state index in [4.69, 9.17) is 0 Å². The molecule has 4 rings (SSSR count). The third-order valence-electron chi connectivity index (χ3n) is 4.66. The lowest BCUT2D eigenvalue weighted by molar-refractivity contribution is 0.102. The van der Waals surface area contributed by atoms with Crippen LogP contribution in [0.5, 0.6) is 0 Å². The van der Waals surface area contributed by atoms with Gasteiger partial charge in [-0.2, -0.15) is 0 Å². The number of nitrogens with one attached hydrogen (secondary N) is 1. The molecular weight excluding hydrogens is 324 g/mol. The Labute approximate surface area is 152 Å². The summed E-state index contributed by atoms with van der Waals surface area (Å²) in [6.07, 6.45) is 7.79. The molecule has 2 aromatic heterocycles. The molecule has 5 heteroatoms. The van der Waals surface area contributed by atoms with E-state index >= 15 is 0 Å². The largest absolute Gasteiger partial charge is 0.320 e. The lowest BCUT2D eigenvalue weighted by atomic mass is 9.99. The van der Waals surface area contributed by atoms with Crippen molar-refractivity contribution in [3.05, 3.63) is 89.5 Å². The molecule has 0 radical (unpaired) electrons. The molecule has 0 aliphatic carbocycles. The van der Waals surface area contributed by atoms with Crippen LogP contribution in [0.1, 0.15) is 27.0 Å². The fraction of sp³-hybridized carbons (Fsp3) is 0.190. The number of carbonyl (C=O) groups is 1. The number of hydrogen-bond donors (Lipinski definition) is 1. The van der Waals surface area contributed by atoms with Crippen LogP contribution in [0.2, 0.25) is 0 Å². The van der Waals surface area contributed by atoms with Gasteiger partial charge in [0.15, 0.2) is 0 Å². The maximum absolute atomic E-state index is 12.4. The molecule has 3 heterocycles. The van der Waals surface area contributed by atoms with Crippen LogP contribution in [-0.4, -0.2) is 27.3 Å². The zero-order valence-electron chi connectivity index (χ0n) is 14.4. The number of fused-ring (bicyclic) bond motifs is 1. The summed E-state index contributed by atoms with van der Waals surface area (Å²) in [4.78, 5) is 23.1. The van der Waals surface area contributed by atoms with Crippen molar-refractivity contribution in [2.75, 3.05) is 11.9 Å². The molecule has 26 heavy (non-hydrogen) atoms. The van der Waals surface area contributed by atoms with Crippen molar-refractivity contribution >= 4 is 11.6 Å². The number of anilines is 1. The van der Waals surface area contributed by atoms with Crippen LogP contribution in [0.25, 0.3) is 0 Å². The minimum absolute atomic E-state index is 0.130. The Bertz CT molecular complexity index is 896. The normalized spacial score (nSPS) is 13.8. The van der Waals surface area contributed by atoms with Crippen LogP contribution in [0.4, 0.5) is 5.69 Å². The van der Waals surface area contributed by atoms with Crippen molar-refractivity contribution < 1.29 is 4.79 Å². The molecule has 0 atom stereocenters. The van der Waals surface area contributed by atoms with Gasteiger partial charge in [-0.15, -0.1) is 0 Å². The maximum Gasteiger partial charge on any atom is 0.255 e. The smallest absolute Gasteiger partial charge is 0.255 e. The van der Waals surface area contributed by atoms with Gasteiger partial charge in [0.2, 0.25) is 0 Å². The van der Waals surface area contributed by atoms with Crippen molar-refractivity contribution in [1.29, 1.82) is 0 Å². The summed E-state index contributed by atoms with van der Waals surface area (Å²) in [6.45, 7) is 2.73. The van der Waals surface area contributed by atoms with E-state index in [-0.39, 0.29) is 5.91 Å². The monoisotopic (exact) mass is 344 g/mol. The number of aromatic nitrogens is 2. The fourth-order valence-corrected chi connectivity index (χ4v) is 3.33. The summed E-state index contributed by atoms with van der Waals surface area (Å²) in [5.41, 5.74) is 5.08. The van der Waals surface area contributed by atoms with E-state index in [1.165, 1.54) is 16.7 Å². The molecule has 0 saturated heterocycles. The Morgan fingerprint density at radius 3 is 2.65 bits per heavy atom. The van der Waals surface area contributed by atoms with E-state index in [1.807, 2.05) is 12.3 Å². The average Bonchev–Trinajstić information content (AvgIpc) is 2.69. The molecule has 5 nitrogen and oxygen atoms in total. The summed E-state index contributed by atoms with van der Waals surface area (Å²) in [5.74, 6) is -0.130. The van der Waals surface area contributed by atoms with Gasteiger partial charge in [0.1, 0.15) is 0 Å². The highest BCUT2D eigenvalue weighted by Gasteiger charge is 2.20. The number of amides is 1. The van der Waals surface area contributed by atoms with Gasteiger partial charge in [-0.1, -0.05) is 30.3 Å². The van der Waals surface area contributed by atoms with Gasteiger partial charge in [0.25, 0.3) is 5.91 Å². The highest BCUT2D eigenvalue weighted by molar-refractivity contribution is 6.04. The third kappa shape index (κ3) is 3.63. The van der Waals surface area contributed by atoms with Crippen LogP contribution in [0.15, 0.2) is 67.3 Å². The number of hydrogen-bond acceptors (Lipinski definition) is 4. The molecule has 0 spiro atoms. The predicted octanol–water partition coefficient (Wildman–Crippen LogP) is 3.29. The van der Waals surface area contributed by atoms with Crippen molar-refractivity contribution in [3.8, 4) is 0 Å². The topological polar surface area (TPSA) is 58.1 Å². The lowest BCUT2D eigenvalue weighted by Gasteiger charge is -2.29. The number of pyridine rings is 2. The Hall–Kier alpha value is -3.05. The quantitative estimate of drug-likeness (QED) is 0.789. The molecule has 1 aromatic carbocycles. The van der Waals surface area contributed by atoms with Gasteiger partial charge in [-0.05, 0) is 35.2 Å². The van der Waals surface area contributed by atoms with Crippen molar-refractivity contribution in [2.24, 2.45) is 0 Å². The van der Waals surface area contributed by atoms with E-state index < -0.39 is 0 Å². The van der Waals surface area contributed by atoms with Crippen molar-refractivity contribution in [3.63, 3.8) is 0 Å². The Morgan fingerprint density at radius 1 is 1.04 bits per heavy atom. The second kappa shape index (κ2) is 7.45. The fourth-order valence-electron chi connectivity index (χ4n) is 3.33. The summed E-state index contributed by atoms with van der Waals surface area (Å²) >= 11 is 0. The average molecular weight is 344 g/mol. The third-order valence-corrected chi connectivity index (χ3v) is 4.66.